The van der Waals surface area contributed by atoms with E-state index in [-0.39, 0.29) is 0 Å². The van der Waals surface area contributed by atoms with Crippen molar-refractivity contribution in [3.8, 4) is 0 Å². The van der Waals surface area contributed by atoms with Crippen LogP contribution in [0.4, 0.5) is 4.79 Å². The van der Waals surface area contributed by atoms with Crippen LogP contribution in [0.25, 0.3) is 0 Å². The lowest BCUT2D eigenvalue weighted by molar-refractivity contribution is -0.0774. The summed E-state index contributed by atoms with van der Waals surface area (Å²) < 4.78 is 25.8. The van der Waals surface area contributed by atoms with Gasteiger partial charge in [-0.15, -0.1) is 0 Å². The number of urea groups is 1. The summed E-state index contributed by atoms with van der Waals surface area (Å²) in [4.78, 5) is 32.2. The predicted molar refractivity (Wildman–Crippen MR) is 75.6 cm³/mol. The maximum Gasteiger partial charge on any atom is 0.469 e. The van der Waals surface area contributed by atoms with Crippen LogP contribution in [0, 0.1) is 0 Å². The Bertz CT molecular complexity index is 525. The molecule has 132 valence electrons. The van der Waals surface area contributed by atoms with Gasteiger partial charge in [-0.25, -0.2) is 9.36 Å². The molecule has 0 bridgehead atoms. The average Bonchev–Trinajstić information content (AvgIpc) is 2.78. The van der Waals surface area contributed by atoms with Gasteiger partial charge in [-0.05, 0) is 6.08 Å². The number of hydrogen-bond donors (Lipinski definition) is 4. The van der Waals surface area contributed by atoms with Crippen molar-refractivity contribution in [3.63, 3.8) is 0 Å². The van der Waals surface area contributed by atoms with Crippen LogP contribution in [0.15, 0.2) is 12.3 Å². The lowest BCUT2D eigenvalue weighted by atomic mass is 10.1. The van der Waals surface area contributed by atoms with Crippen molar-refractivity contribution in [1.29, 1.82) is 0 Å². The highest BCUT2D eigenvalue weighted by atomic mass is 31.2. The molecule has 23 heavy (non-hydrogen) atoms. The van der Waals surface area contributed by atoms with E-state index in [1.54, 1.807) is 6.08 Å². The largest absolute Gasteiger partial charge is 0.469 e. The normalized spacial score (nSPS) is 35.2. The second-order valence-electron chi connectivity index (χ2n) is 5.18. The van der Waals surface area contributed by atoms with Gasteiger partial charge in [0.15, 0.2) is 6.23 Å². The zero-order valence-corrected chi connectivity index (χ0v) is 13.4. The quantitative estimate of drug-likeness (QED) is 0.426. The molecule has 0 aromatic carbocycles. The maximum atomic E-state index is 12.3. The number of carbonyl (C=O) groups is 1. The lowest BCUT2D eigenvalue weighted by Gasteiger charge is -2.37. The van der Waals surface area contributed by atoms with Crippen molar-refractivity contribution in [1.82, 2.24) is 9.80 Å². The second kappa shape index (κ2) is 6.83. The van der Waals surface area contributed by atoms with Crippen LogP contribution in [0.2, 0.25) is 0 Å². The minimum Gasteiger partial charge on any atom is -0.387 e. The summed E-state index contributed by atoms with van der Waals surface area (Å²) in [7, 11) is -1.88. The molecule has 2 amide bonds. The molecule has 0 aromatic heterocycles. The van der Waals surface area contributed by atoms with Crippen molar-refractivity contribution in [2.24, 2.45) is 5.73 Å². The second-order valence-corrected chi connectivity index (χ2v) is 6.41. The van der Waals surface area contributed by atoms with Crippen LogP contribution >= 0.6 is 7.82 Å². The van der Waals surface area contributed by atoms with Gasteiger partial charge in [-0.3, -0.25) is 9.42 Å². The number of carbonyl (C=O) groups excluding carboxylic acids is 1. The number of nitrogens with zero attached hydrogens (tertiary/aromatic N) is 2. The van der Waals surface area contributed by atoms with Gasteiger partial charge in [0.1, 0.15) is 24.5 Å². The van der Waals surface area contributed by atoms with E-state index in [0.29, 0.717) is 0 Å². The van der Waals surface area contributed by atoms with Crippen LogP contribution in [0.5, 0.6) is 0 Å². The summed E-state index contributed by atoms with van der Waals surface area (Å²) in [6, 6.07) is -0.462. The minimum atomic E-state index is -4.71. The number of rotatable bonds is 5. The van der Waals surface area contributed by atoms with Gasteiger partial charge >= 0.3 is 13.9 Å². The van der Waals surface area contributed by atoms with E-state index in [9.17, 15) is 14.5 Å². The maximum absolute atomic E-state index is 12.3. The SMILES string of the molecule is CO[C@@H]1[C@H](O)[C@@H](COP(=O)(O)O)O[C@H]1N1C=CC(N)N(C)C1=O. The molecule has 2 rings (SSSR count). The molecular formula is C11H20N3O8P. The summed E-state index contributed by atoms with van der Waals surface area (Å²) in [6.45, 7) is -0.553. The number of nitrogens with two attached hydrogens (primary N) is 1. The monoisotopic (exact) mass is 353 g/mol. The van der Waals surface area contributed by atoms with Gasteiger partial charge < -0.3 is 35.0 Å². The Labute approximate surface area is 132 Å². The molecule has 2 aliphatic heterocycles. The van der Waals surface area contributed by atoms with Crippen LogP contribution in [0.3, 0.4) is 0 Å². The summed E-state index contributed by atoms with van der Waals surface area (Å²) in [6.07, 6.45) is -1.82. The molecule has 12 heteroatoms. The number of aliphatic hydroxyl groups excluding tert-OH is 1. The molecule has 0 saturated carbocycles. The molecular weight excluding hydrogens is 333 g/mol. The van der Waals surface area contributed by atoms with E-state index in [1.165, 1.54) is 30.2 Å². The topological polar surface area (TPSA) is 155 Å². The predicted octanol–water partition coefficient (Wildman–Crippen LogP) is -1.64. The van der Waals surface area contributed by atoms with Crippen molar-refractivity contribution < 1.29 is 38.3 Å². The molecule has 0 aliphatic carbocycles. The standard InChI is InChI=1S/C11H20N3O8P/c1-13-7(12)3-4-14(11(13)16)10-9(20-2)8(15)6(22-10)5-21-23(17,18)19/h3-4,6-10,15H,5,12H2,1-2H3,(H2,17,18,19)/t6-,7?,8-,9-,10-/m1/s1. The summed E-state index contributed by atoms with van der Waals surface area (Å²) in [5.74, 6) is 0. The molecule has 2 aliphatic rings. The third-order valence-corrected chi connectivity index (χ3v) is 4.17. The number of phosphoric acid groups is 1. The number of likely N-dealkylation sites (N-methyl/N-ethyl adjacent to an activating group) is 1. The third kappa shape index (κ3) is 3.90. The fourth-order valence-electron chi connectivity index (χ4n) is 2.38. The first-order chi connectivity index (χ1) is 10.7. The van der Waals surface area contributed by atoms with Crippen LogP contribution in [-0.4, -0.2) is 82.2 Å². The number of hydrogen-bond acceptors (Lipinski definition) is 7. The molecule has 2 heterocycles. The minimum absolute atomic E-state index is 0.462. The van der Waals surface area contributed by atoms with Gasteiger partial charge in [0, 0.05) is 20.4 Å². The van der Waals surface area contributed by atoms with E-state index < -0.39 is 51.2 Å². The number of methoxy groups -OCH3 is 1. The van der Waals surface area contributed by atoms with Gasteiger partial charge in [-0.1, -0.05) is 0 Å². The number of ether oxygens (including phenoxy) is 2. The Morgan fingerprint density at radius 2 is 2.13 bits per heavy atom. The first kappa shape index (κ1) is 18.3. The Hall–Kier alpha value is -1.04. The number of amides is 2. The van der Waals surface area contributed by atoms with Crippen molar-refractivity contribution in [3.05, 3.63) is 12.3 Å². The Morgan fingerprint density at radius 1 is 1.48 bits per heavy atom. The molecule has 0 radical (unpaired) electrons. The van der Waals surface area contributed by atoms with E-state index in [2.05, 4.69) is 4.52 Å². The van der Waals surface area contributed by atoms with Gasteiger partial charge in [0.05, 0.1) is 6.61 Å². The van der Waals surface area contributed by atoms with Crippen LogP contribution in [0.1, 0.15) is 0 Å². The molecule has 1 fully saturated rings. The summed E-state index contributed by atoms with van der Waals surface area (Å²) >= 11 is 0. The molecule has 0 aromatic rings. The van der Waals surface area contributed by atoms with Gasteiger partial charge in [0.2, 0.25) is 0 Å². The number of phosphoric ester groups is 1. The van der Waals surface area contributed by atoms with Crippen LogP contribution < -0.4 is 5.73 Å². The summed E-state index contributed by atoms with van der Waals surface area (Å²) in [5.41, 5.74) is 5.71. The first-order valence-electron chi connectivity index (χ1n) is 6.71. The molecule has 1 saturated heterocycles. The molecule has 11 nitrogen and oxygen atoms in total. The highest BCUT2D eigenvalue weighted by Gasteiger charge is 2.49. The molecule has 0 spiro atoms. The third-order valence-electron chi connectivity index (χ3n) is 3.68. The van der Waals surface area contributed by atoms with Gasteiger partial charge in [-0.2, -0.15) is 0 Å². The Balaban J connectivity index is 2.14. The first-order valence-corrected chi connectivity index (χ1v) is 8.24. The van der Waals surface area contributed by atoms with E-state index in [0.717, 1.165) is 0 Å². The fourth-order valence-corrected chi connectivity index (χ4v) is 2.72. The van der Waals surface area contributed by atoms with Crippen molar-refractivity contribution in [2.45, 2.75) is 30.7 Å². The van der Waals surface area contributed by atoms with Crippen molar-refractivity contribution >= 4 is 13.9 Å². The Morgan fingerprint density at radius 3 is 2.70 bits per heavy atom. The lowest BCUT2D eigenvalue weighted by Crippen LogP contribution is -2.56. The molecule has 1 unspecified atom stereocenters. The highest BCUT2D eigenvalue weighted by molar-refractivity contribution is 7.46. The summed E-state index contributed by atoms with van der Waals surface area (Å²) in [5, 5.41) is 10.2. The zero-order valence-electron chi connectivity index (χ0n) is 12.6. The van der Waals surface area contributed by atoms with Crippen LogP contribution in [-0.2, 0) is 18.6 Å². The number of aliphatic hydroxyl groups is 1. The molecule has 5 N–H and O–H groups in total. The zero-order chi connectivity index (χ0) is 17.4. The fraction of sp³-hybridized carbons (Fsp3) is 0.727. The average molecular weight is 353 g/mol. The van der Waals surface area contributed by atoms with E-state index in [4.69, 9.17) is 25.0 Å². The molecule has 5 atom stereocenters. The van der Waals surface area contributed by atoms with E-state index in [1.807, 2.05) is 0 Å². The van der Waals surface area contributed by atoms with Crippen molar-refractivity contribution in [2.75, 3.05) is 20.8 Å². The highest BCUT2D eigenvalue weighted by Crippen LogP contribution is 2.38. The van der Waals surface area contributed by atoms with E-state index >= 15 is 0 Å². The Kier molecular flexibility index (Phi) is 5.44. The van der Waals surface area contributed by atoms with Gasteiger partial charge in [0.25, 0.3) is 0 Å². The smallest absolute Gasteiger partial charge is 0.387 e.